The van der Waals surface area contributed by atoms with E-state index in [0.29, 0.717) is 11.0 Å². The van der Waals surface area contributed by atoms with Crippen LogP contribution in [-0.4, -0.2) is 8.42 Å². The van der Waals surface area contributed by atoms with Gasteiger partial charge in [-0.1, -0.05) is 12.1 Å². The molecule has 0 aliphatic carbocycles. The van der Waals surface area contributed by atoms with Crippen LogP contribution in [-0.2, 0) is 10.0 Å². The molecule has 0 atom stereocenters. The molecule has 0 bridgehead atoms. The van der Waals surface area contributed by atoms with Crippen LogP contribution in [0.4, 0.5) is 0 Å². The highest BCUT2D eigenvalue weighted by molar-refractivity contribution is 7.89. The SMILES string of the molecule is NS(=O)(=O)c1coc2ccccc12. The Morgan fingerprint density at radius 2 is 1.92 bits per heavy atom. The largest absolute Gasteiger partial charge is 0.463 e. The predicted octanol–water partition coefficient (Wildman–Crippen LogP) is 1.08. The van der Waals surface area contributed by atoms with E-state index in [0.717, 1.165) is 6.26 Å². The van der Waals surface area contributed by atoms with E-state index in [9.17, 15) is 8.42 Å². The molecule has 1 heterocycles. The highest BCUT2D eigenvalue weighted by atomic mass is 32.2. The van der Waals surface area contributed by atoms with Gasteiger partial charge in [0.1, 0.15) is 16.7 Å². The van der Waals surface area contributed by atoms with Gasteiger partial charge < -0.3 is 4.42 Å². The number of fused-ring (bicyclic) bond motifs is 1. The number of primary sulfonamides is 1. The van der Waals surface area contributed by atoms with E-state index in [1.54, 1.807) is 24.3 Å². The van der Waals surface area contributed by atoms with E-state index in [4.69, 9.17) is 9.56 Å². The molecule has 0 radical (unpaired) electrons. The van der Waals surface area contributed by atoms with E-state index >= 15 is 0 Å². The number of hydrogen-bond donors (Lipinski definition) is 1. The number of benzene rings is 1. The monoisotopic (exact) mass is 197 g/mol. The first-order valence-electron chi connectivity index (χ1n) is 3.58. The molecule has 1 aromatic heterocycles. The summed E-state index contributed by atoms with van der Waals surface area (Å²) >= 11 is 0. The molecule has 0 saturated heterocycles. The molecule has 0 spiro atoms. The highest BCUT2D eigenvalue weighted by Crippen LogP contribution is 2.23. The number of hydrogen-bond acceptors (Lipinski definition) is 3. The summed E-state index contributed by atoms with van der Waals surface area (Å²) in [6, 6.07) is 6.83. The van der Waals surface area contributed by atoms with Crippen molar-refractivity contribution < 1.29 is 12.8 Å². The van der Waals surface area contributed by atoms with Crippen molar-refractivity contribution in [1.29, 1.82) is 0 Å². The van der Waals surface area contributed by atoms with Gasteiger partial charge in [0.2, 0.25) is 10.0 Å². The average Bonchev–Trinajstić information content (AvgIpc) is 2.45. The maximum absolute atomic E-state index is 11.0. The minimum absolute atomic E-state index is 0.0306. The van der Waals surface area contributed by atoms with Gasteiger partial charge in [0.25, 0.3) is 0 Å². The van der Waals surface area contributed by atoms with Crippen LogP contribution in [0.15, 0.2) is 39.8 Å². The minimum Gasteiger partial charge on any atom is -0.463 e. The highest BCUT2D eigenvalue weighted by Gasteiger charge is 2.14. The smallest absolute Gasteiger partial charge is 0.241 e. The minimum atomic E-state index is -3.68. The maximum Gasteiger partial charge on any atom is 0.241 e. The van der Waals surface area contributed by atoms with Gasteiger partial charge in [0.05, 0.1) is 0 Å². The van der Waals surface area contributed by atoms with Crippen molar-refractivity contribution in [2.24, 2.45) is 5.14 Å². The van der Waals surface area contributed by atoms with Crippen molar-refractivity contribution >= 4 is 21.0 Å². The van der Waals surface area contributed by atoms with Crippen molar-refractivity contribution in [2.45, 2.75) is 4.90 Å². The Morgan fingerprint density at radius 3 is 2.62 bits per heavy atom. The molecule has 0 aliphatic rings. The lowest BCUT2D eigenvalue weighted by molar-refractivity contribution is 0.585. The fraction of sp³-hybridized carbons (Fsp3) is 0. The van der Waals surface area contributed by atoms with Gasteiger partial charge in [-0.3, -0.25) is 0 Å². The topological polar surface area (TPSA) is 73.3 Å². The molecule has 0 fully saturated rings. The molecule has 0 aliphatic heterocycles. The number of nitrogens with two attached hydrogens (primary N) is 1. The molecule has 5 heteroatoms. The summed E-state index contributed by atoms with van der Waals surface area (Å²) in [5.74, 6) is 0. The molecule has 0 saturated carbocycles. The molecule has 2 aromatic rings. The van der Waals surface area contributed by atoms with Crippen molar-refractivity contribution in [3.8, 4) is 0 Å². The third-order valence-electron chi connectivity index (χ3n) is 1.75. The zero-order valence-electron chi connectivity index (χ0n) is 6.60. The van der Waals surface area contributed by atoms with Crippen LogP contribution < -0.4 is 5.14 Å². The quantitative estimate of drug-likeness (QED) is 0.743. The lowest BCUT2D eigenvalue weighted by Crippen LogP contribution is -2.11. The predicted molar refractivity (Wildman–Crippen MR) is 47.6 cm³/mol. The van der Waals surface area contributed by atoms with Crippen molar-refractivity contribution in [2.75, 3.05) is 0 Å². The van der Waals surface area contributed by atoms with Crippen molar-refractivity contribution in [3.63, 3.8) is 0 Å². The Labute approximate surface area is 75.0 Å². The van der Waals surface area contributed by atoms with Gasteiger partial charge in [0.15, 0.2) is 0 Å². The van der Waals surface area contributed by atoms with Crippen LogP contribution in [0.2, 0.25) is 0 Å². The van der Waals surface area contributed by atoms with E-state index in [-0.39, 0.29) is 4.90 Å². The van der Waals surface area contributed by atoms with Gasteiger partial charge in [-0.15, -0.1) is 0 Å². The van der Waals surface area contributed by atoms with Crippen molar-refractivity contribution in [1.82, 2.24) is 0 Å². The summed E-state index contributed by atoms with van der Waals surface area (Å²) in [4.78, 5) is 0.0306. The fourth-order valence-corrected chi connectivity index (χ4v) is 1.83. The second-order valence-corrected chi connectivity index (χ2v) is 4.17. The Hall–Kier alpha value is -1.33. The van der Waals surface area contributed by atoms with E-state index in [1.807, 2.05) is 0 Å². The first kappa shape index (κ1) is 8.28. The number of furan rings is 1. The first-order chi connectivity index (χ1) is 6.09. The third-order valence-corrected chi connectivity index (χ3v) is 2.68. The van der Waals surface area contributed by atoms with Crippen molar-refractivity contribution in [3.05, 3.63) is 30.5 Å². The lowest BCUT2D eigenvalue weighted by atomic mass is 10.3. The summed E-state index contributed by atoms with van der Waals surface area (Å²) in [6.07, 6.45) is 1.15. The number of sulfonamides is 1. The van der Waals surface area contributed by atoms with Crippen LogP contribution in [0.25, 0.3) is 11.0 Å². The molecule has 1 aromatic carbocycles. The third kappa shape index (κ3) is 1.32. The van der Waals surface area contributed by atoms with Gasteiger partial charge in [-0.05, 0) is 12.1 Å². The lowest BCUT2D eigenvalue weighted by Gasteiger charge is -1.91. The van der Waals surface area contributed by atoms with E-state index < -0.39 is 10.0 Å². The molecule has 0 amide bonds. The van der Waals surface area contributed by atoms with Gasteiger partial charge in [0, 0.05) is 5.39 Å². The van der Waals surface area contributed by atoms with Crippen LogP contribution in [0.3, 0.4) is 0 Å². The second-order valence-electron chi connectivity index (χ2n) is 2.64. The molecule has 2 N–H and O–H groups in total. The molecular weight excluding hydrogens is 190 g/mol. The molecule has 0 unspecified atom stereocenters. The second kappa shape index (κ2) is 2.58. The summed E-state index contributed by atoms with van der Waals surface area (Å²) in [5, 5.41) is 5.50. The van der Waals surface area contributed by atoms with Crippen LogP contribution in [0, 0.1) is 0 Å². The zero-order valence-corrected chi connectivity index (χ0v) is 7.41. The fourth-order valence-electron chi connectivity index (χ4n) is 1.17. The molecule has 68 valence electrons. The normalized spacial score (nSPS) is 12.1. The maximum atomic E-state index is 11.0. The van der Waals surface area contributed by atoms with Crippen LogP contribution in [0.5, 0.6) is 0 Å². The number of rotatable bonds is 1. The Kier molecular flexibility index (Phi) is 1.64. The first-order valence-corrected chi connectivity index (χ1v) is 5.13. The summed E-state index contributed by atoms with van der Waals surface area (Å²) in [7, 11) is -3.68. The van der Waals surface area contributed by atoms with Crippen LogP contribution in [0.1, 0.15) is 0 Å². The van der Waals surface area contributed by atoms with Gasteiger partial charge >= 0.3 is 0 Å². The summed E-state index contributed by atoms with van der Waals surface area (Å²) in [5.41, 5.74) is 0.520. The van der Waals surface area contributed by atoms with Gasteiger partial charge in [-0.25, -0.2) is 13.6 Å². The standard InChI is InChI=1S/C8H7NO3S/c9-13(10,11)8-5-12-7-4-2-1-3-6(7)8/h1-5H,(H2,9,10,11). The Morgan fingerprint density at radius 1 is 1.23 bits per heavy atom. The molecule has 2 rings (SSSR count). The Bertz CT molecular complexity index is 541. The van der Waals surface area contributed by atoms with E-state index in [1.165, 1.54) is 0 Å². The molecule has 13 heavy (non-hydrogen) atoms. The summed E-state index contributed by atoms with van der Waals surface area (Å²) < 4.78 is 27.1. The van der Waals surface area contributed by atoms with E-state index in [2.05, 4.69) is 0 Å². The number of para-hydroxylation sites is 1. The van der Waals surface area contributed by atoms with Gasteiger partial charge in [-0.2, -0.15) is 0 Å². The molecular formula is C8H7NO3S. The zero-order chi connectivity index (χ0) is 9.47. The average molecular weight is 197 g/mol. The van der Waals surface area contributed by atoms with Crippen LogP contribution >= 0.6 is 0 Å². The Balaban J connectivity index is 2.87. The molecule has 4 nitrogen and oxygen atoms in total. The summed E-state index contributed by atoms with van der Waals surface area (Å²) in [6.45, 7) is 0.